The third-order valence-electron chi connectivity index (χ3n) is 4.88. The molecule has 5 atom stereocenters. The van der Waals surface area contributed by atoms with Crippen molar-refractivity contribution in [3.63, 3.8) is 0 Å². The van der Waals surface area contributed by atoms with Gasteiger partial charge in [-0.05, 0) is 49.1 Å². The Morgan fingerprint density at radius 1 is 1.11 bits per heavy atom. The molecule has 1 aromatic carbocycles. The molecule has 18 heavy (non-hydrogen) atoms. The molecule has 0 radical (unpaired) electrons. The SMILES string of the molecule is O=C(Nc1ccccc1)O[C@H]1CC2C[C@@H]3C1[C@@H]3C2. The summed E-state index contributed by atoms with van der Waals surface area (Å²) in [5, 5.41) is 2.80. The zero-order valence-electron chi connectivity index (χ0n) is 10.2. The van der Waals surface area contributed by atoms with E-state index in [0.29, 0.717) is 5.92 Å². The second-order valence-corrected chi connectivity index (χ2v) is 5.91. The van der Waals surface area contributed by atoms with Gasteiger partial charge in [-0.15, -0.1) is 0 Å². The van der Waals surface area contributed by atoms with Gasteiger partial charge in [0.25, 0.3) is 0 Å². The van der Waals surface area contributed by atoms with E-state index >= 15 is 0 Å². The Bertz CT molecular complexity index is 461. The lowest BCUT2D eigenvalue weighted by Gasteiger charge is -2.30. The summed E-state index contributed by atoms with van der Waals surface area (Å²) < 4.78 is 5.60. The zero-order valence-corrected chi connectivity index (χ0v) is 10.2. The minimum atomic E-state index is -0.293. The summed E-state index contributed by atoms with van der Waals surface area (Å²) in [6.07, 6.45) is 3.74. The van der Waals surface area contributed by atoms with Crippen LogP contribution in [0.1, 0.15) is 19.3 Å². The summed E-state index contributed by atoms with van der Waals surface area (Å²) in [6.45, 7) is 0. The van der Waals surface area contributed by atoms with E-state index in [1.807, 2.05) is 30.3 Å². The summed E-state index contributed by atoms with van der Waals surface area (Å²) in [7, 11) is 0. The van der Waals surface area contributed by atoms with Gasteiger partial charge in [-0.2, -0.15) is 0 Å². The predicted molar refractivity (Wildman–Crippen MR) is 68.1 cm³/mol. The Hall–Kier alpha value is -1.51. The number of benzene rings is 1. The third kappa shape index (κ3) is 1.61. The first-order chi connectivity index (χ1) is 8.81. The van der Waals surface area contributed by atoms with Gasteiger partial charge in [-0.3, -0.25) is 5.32 Å². The van der Waals surface area contributed by atoms with Crippen molar-refractivity contribution in [2.45, 2.75) is 25.4 Å². The fraction of sp³-hybridized carbons (Fsp3) is 0.533. The second-order valence-electron chi connectivity index (χ2n) is 5.91. The maximum absolute atomic E-state index is 11.8. The van der Waals surface area contributed by atoms with Gasteiger partial charge in [0, 0.05) is 11.6 Å². The highest BCUT2D eigenvalue weighted by Gasteiger charge is 2.64. The summed E-state index contributed by atoms with van der Waals surface area (Å²) in [5.74, 6) is 3.24. The lowest BCUT2D eigenvalue weighted by molar-refractivity contribution is 0.0453. The maximum Gasteiger partial charge on any atom is 0.411 e. The molecule has 4 bridgehead atoms. The van der Waals surface area contributed by atoms with E-state index in [9.17, 15) is 4.79 Å². The van der Waals surface area contributed by atoms with Crippen molar-refractivity contribution < 1.29 is 9.53 Å². The summed E-state index contributed by atoms with van der Waals surface area (Å²) >= 11 is 0. The second kappa shape index (κ2) is 3.74. The fourth-order valence-corrected chi connectivity index (χ4v) is 4.17. The number of amides is 1. The van der Waals surface area contributed by atoms with Crippen molar-refractivity contribution in [2.75, 3.05) is 5.32 Å². The highest BCUT2D eigenvalue weighted by atomic mass is 16.6. The minimum absolute atomic E-state index is 0.177. The molecule has 3 heteroatoms. The standard InChI is InChI=1S/C15H17NO2/c17-15(16-10-4-2-1-3-5-10)18-13-8-9-6-11-12(7-9)14(11)13/h1-5,9,11-14H,6-8H2,(H,16,17)/t9?,11-,12+,13-,14?/m0/s1. The van der Waals surface area contributed by atoms with Crippen molar-refractivity contribution in [1.82, 2.24) is 0 Å². The van der Waals surface area contributed by atoms with Crippen LogP contribution in [0.2, 0.25) is 0 Å². The van der Waals surface area contributed by atoms with E-state index in [-0.39, 0.29) is 12.2 Å². The van der Waals surface area contributed by atoms with Crippen molar-refractivity contribution in [3.05, 3.63) is 30.3 Å². The molecule has 1 amide bonds. The molecule has 4 saturated carbocycles. The van der Waals surface area contributed by atoms with Crippen LogP contribution in [0.25, 0.3) is 0 Å². The highest BCUT2D eigenvalue weighted by molar-refractivity contribution is 5.84. The van der Waals surface area contributed by atoms with E-state index in [1.54, 1.807) is 0 Å². The number of anilines is 1. The molecule has 1 N–H and O–H groups in total. The van der Waals surface area contributed by atoms with Crippen molar-refractivity contribution in [3.8, 4) is 0 Å². The number of hydrogen-bond acceptors (Lipinski definition) is 2. The number of hydrogen-bond donors (Lipinski definition) is 1. The van der Waals surface area contributed by atoms with Gasteiger partial charge >= 0.3 is 6.09 Å². The molecule has 0 aliphatic heterocycles. The molecule has 4 aliphatic rings. The van der Waals surface area contributed by atoms with Gasteiger partial charge in [0.2, 0.25) is 0 Å². The Kier molecular flexibility index (Phi) is 2.16. The number of rotatable bonds is 2. The number of carbonyl (C=O) groups is 1. The molecule has 4 aliphatic carbocycles. The molecule has 5 rings (SSSR count). The molecule has 0 heterocycles. The summed E-state index contributed by atoms with van der Waals surface area (Å²) in [5.41, 5.74) is 0.802. The average molecular weight is 243 g/mol. The predicted octanol–water partition coefficient (Wildman–Crippen LogP) is 3.28. The first kappa shape index (κ1) is 10.4. The van der Waals surface area contributed by atoms with Crippen molar-refractivity contribution in [1.29, 1.82) is 0 Å². The van der Waals surface area contributed by atoms with Gasteiger partial charge in [-0.25, -0.2) is 4.79 Å². The monoisotopic (exact) mass is 243 g/mol. The van der Waals surface area contributed by atoms with Crippen LogP contribution in [0.3, 0.4) is 0 Å². The van der Waals surface area contributed by atoms with Crippen molar-refractivity contribution in [2.24, 2.45) is 23.7 Å². The molecular weight excluding hydrogens is 226 g/mol. The minimum Gasteiger partial charge on any atom is -0.446 e. The lowest BCUT2D eigenvalue weighted by Crippen LogP contribution is -2.32. The molecule has 1 aromatic rings. The van der Waals surface area contributed by atoms with Crippen LogP contribution < -0.4 is 5.32 Å². The Labute approximate surface area is 107 Å². The third-order valence-corrected chi connectivity index (χ3v) is 4.88. The van der Waals surface area contributed by atoms with Crippen LogP contribution in [-0.2, 0) is 4.74 Å². The summed E-state index contributed by atoms with van der Waals surface area (Å²) in [4.78, 5) is 11.8. The fourth-order valence-electron chi connectivity index (χ4n) is 4.17. The van der Waals surface area contributed by atoms with E-state index in [0.717, 1.165) is 29.9 Å². The smallest absolute Gasteiger partial charge is 0.411 e. The van der Waals surface area contributed by atoms with Gasteiger partial charge < -0.3 is 4.74 Å². The highest BCUT2D eigenvalue weighted by Crippen LogP contribution is 2.67. The maximum atomic E-state index is 11.8. The molecular formula is C15H17NO2. The number of carbonyl (C=O) groups excluding carboxylic acids is 1. The molecule has 4 fully saturated rings. The molecule has 3 nitrogen and oxygen atoms in total. The van der Waals surface area contributed by atoms with Gasteiger partial charge in [0.1, 0.15) is 6.10 Å². The lowest BCUT2D eigenvalue weighted by atomic mass is 9.83. The number of fused-ring (bicyclic) bond motifs is 1. The van der Waals surface area contributed by atoms with Crippen LogP contribution >= 0.6 is 0 Å². The molecule has 2 unspecified atom stereocenters. The van der Waals surface area contributed by atoms with E-state index in [2.05, 4.69) is 5.32 Å². The Morgan fingerprint density at radius 2 is 1.83 bits per heavy atom. The molecule has 0 saturated heterocycles. The van der Waals surface area contributed by atoms with E-state index in [1.165, 1.54) is 12.8 Å². The quantitative estimate of drug-likeness (QED) is 0.865. The topological polar surface area (TPSA) is 38.3 Å². The normalized spacial score (nSPS) is 39.2. The zero-order chi connectivity index (χ0) is 12.1. The van der Waals surface area contributed by atoms with Crippen molar-refractivity contribution >= 4 is 11.8 Å². The first-order valence-electron chi connectivity index (χ1n) is 6.84. The number of ether oxygens (including phenoxy) is 1. The summed E-state index contributed by atoms with van der Waals surface area (Å²) in [6, 6.07) is 9.49. The Balaban J connectivity index is 1.37. The number of para-hydroxylation sites is 1. The molecule has 94 valence electrons. The van der Waals surface area contributed by atoms with Gasteiger partial charge in [0.05, 0.1) is 0 Å². The van der Waals surface area contributed by atoms with Crippen LogP contribution in [0.4, 0.5) is 10.5 Å². The molecule has 0 aromatic heterocycles. The largest absolute Gasteiger partial charge is 0.446 e. The van der Waals surface area contributed by atoms with Gasteiger partial charge in [-0.1, -0.05) is 18.2 Å². The number of nitrogens with one attached hydrogen (secondary N) is 1. The van der Waals surface area contributed by atoms with E-state index < -0.39 is 0 Å². The molecule has 0 spiro atoms. The van der Waals surface area contributed by atoms with Gasteiger partial charge in [0.15, 0.2) is 0 Å². The average Bonchev–Trinajstić information content (AvgIpc) is 2.94. The van der Waals surface area contributed by atoms with Crippen LogP contribution in [0.5, 0.6) is 0 Å². The van der Waals surface area contributed by atoms with Crippen LogP contribution in [0.15, 0.2) is 30.3 Å². The first-order valence-corrected chi connectivity index (χ1v) is 6.84. The van der Waals surface area contributed by atoms with E-state index in [4.69, 9.17) is 4.74 Å². The van der Waals surface area contributed by atoms with Crippen LogP contribution in [0, 0.1) is 23.7 Å². The Morgan fingerprint density at radius 3 is 2.50 bits per heavy atom. The van der Waals surface area contributed by atoms with Crippen LogP contribution in [-0.4, -0.2) is 12.2 Å².